The molecule has 43 heavy (non-hydrogen) atoms. The summed E-state index contributed by atoms with van der Waals surface area (Å²) in [5.74, 6) is 0. The molecule has 0 bridgehead atoms. The van der Waals surface area contributed by atoms with E-state index in [1.165, 1.54) is 22.5 Å². The largest absolute Gasteiger partial charge is 0.347 e. The van der Waals surface area contributed by atoms with E-state index >= 15 is 0 Å². The number of anilines is 2. The van der Waals surface area contributed by atoms with Crippen molar-refractivity contribution in [3.63, 3.8) is 0 Å². The van der Waals surface area contributed by atoms with Gasteiger partial charge in [-0.3, -0.25) is 0 Å². The highest BCUT2D eigenvalue weighted by Gasteiger charge is 2.39. The van der Waals surface area contributed by atoms with E-state index < -0.39 is 10.0 Å². The van der Waals surface area contributed by atoms with Crippen molar-refractivity contribution in [2.45, 2.75) is 56.3 Å². The van der Waals surface area contributed by atoms with Crippen LogP contribution in [0.1, 0.15) is 51.7 Å². The standard InChI is InChI=1S/C37H39N3O2S/c1-36(2)29-16-10-12-18-31(29)39(5)33(36)24-22-26-20-21-27(35(26)38-43(41,42)28-14-8-7-9-15-28)23-25-34-37(3,4)30-17-11-13-19-32(30)40(34)6/h7-19,22-25H,20-21H2,1-6H3/b26-22+,27-23+,33-24+,34-25+. The van der Waals surface area contributed by atoms with Crippen molar-refractivity contribution < 1.29 is 8.42 Å². The van der Waals surface area contributed by atoms with Crippen LogP contribution in [0, 0.1) is 0 Å². The summed E-state index contributed by atoms with van der Waals surface area (Å²) in [5, 5.41) is 0. The molecule has 3 aromatic carbocycles. The summed E-state index contributed by atoms with van der Waals surface area (Å²) in [4.78, 5) is 4.66. The maximum Gasteiger partial charge on any atom is 0.282 e. The zero-order valence-electron chi connectivity index (χ0n) is 25.8. The Morgan fingerprint density at radius 1 is 0.628 bits per heavy atom. The van der Waals surface area contributed by atoms with E-state index in [1.54, 1.807) is 24.3 Å². The number of fused-ring (bicyclic) bond motifs is 2. The van der Waals surface area contributed by atoms with E-state index in [-0.39, 0.29) is 15.7 Å². The molecule has 1 fully saturated rings. The van der Waals surface area contributed by atoms with Crippen LogP contribution in [0.15, 0.2) is 135 Å². The molecular weight excluding hydrogens is 550 g/mol. The molecule has 220 valence electrons. The first-order chi connectivity index (χ1) is 20.4. The van der Waals surface area contributed by atoms with Crippen LogP contribution < -0.4 is 9.80 Å². The van der Waals surface area contributed by atoms with Crippen LogP contribution in [0.4, 0.5) is 11.4 Å². The predicted octanol–water partition coefficient (Wildman–Crippen LogP) is 8.09. The minimum absolute atomic E-state index is 0.175. The quantitative estimate of drug-likeness (QED) is 0.309. The highest BCUT2D eigenvalue weighted by atomic mass is 32.2. The lowest BCUT2D eigenvalue weighted by Crippen LogP contribution is -2.22. The summed E-state index contributed by atoms with van der Waals surface area (Å²) in [6.45, 7) is 8.94. The van der Waals surface area contributed by atoms with Crippen molar-refractivity contribution >= 4 is 27.1 Å². The number of sulfonamides is 1. The maximum absolute atomic E-state index is 13.5. The average Bonchev–Trinajstić information content (AvgIpc) is 3.52. The first-order valence-corrected chi connectivity index (χ1v) is 16.3. The zero-order chi connectivity index (χ0) is 30.6. The molecule has 0 radical (unpaired) electrons. The third kappa shape index (κ3) is 4.88. The number of likely N-dealkylation sites (N-methyl/N-ethyl adjacent to an activating group) is 2. The fraction of sp³-hybridized carbons (Fsp3) is 0.270. The van der Waals surface area contributed by atoms with Gasteiger partial charge in [-0.15, -0.1) is 0 Å². The second kappa shape index (κ2) is 10.5. The molecule has 5 nitrogen and oxygen atoms in total. The lowest BCUT2D eigenvalue weighted by molar-refractivity contribution is 0.598. The smallest absolute Gasteiger partial charge is 0.282 e. The Labute approximate surface area is 256 Å². The fourth-order valence-electron chi connectivity index (χ4n) is 6.88. The minimum atomic E-state index is -3.89. The lowest BCUT2D eigenvalue weighted by atomic mass is 9.83. The normalized spacial score (nSPS) is 22.6. The summed E-state index contributed by atoms with van der Waals surface area (Å²) in [6, 6.07) is 25.4. The molecule has 0 atom stereocenters. The Kier molecular flexibility index (Phi) is 7.09. The zero-order valence-corrected chi connectivity index (χ0v) is 26.6. The minimum Gasteiger partial charge on any atom is -0.347 e. The molecule has 0 spiro atoms. The number of para-hydroxylation sites is 2. The lowest BCUT2D eigenvalue weighted by Gasteiger charge is -2.24. The molecule has 1 aliphatic carbocycles. The summed E-state index contributed by atoms with van der Waals surface area (Å²) >= 11 is 0. The average molecular weight is 590 g/mol. The van der Waals surface area contributed by atoms with E-state index in [1.807, 2.05) is 6.07 Å². The Balaban J connectivity index is 1.44. The molecule has 2 heterocycles. The molecule has 3 aliphatic rings. The second-order valence-corrected chi connectivity index (χ2v) is 14.2. The third-order valence-electron chi connectivity index (χ3n) is 9.29. The van der Waals surface area contributed by atoms with Gasteiger partial charge in [0.25, 0.3) is 10.0 Å². The van der Waals surface area contributed by atoms with Gasteiger partial charge < -0.3 is 9.80 Å². The molecule has 0 saturated heterocycles. The number of allylic oxidation sites excluding steroid dienone is 8. The van der Waals surface area contributed by atoms with Gasteiger partial charge in [-0.05, 0) is 71.5 Å². The third-order valence-corrected chi connectivity index (χ3v) is 10.6. The molecule has 3 aromatic rings. The number of benzene rings is 3. The van der Waals surface area contributed by atoms with Crippen LogP contribution in [-0.4, -0.2) is 28.2 Å². The van der Waals surface area contributed by atoms with Crippen LogP contribution in [0.25, 0.3) is 0 Å². The maximum atomic E-state index is 13.5. The van der Waals surface area contributed by atoms with E-state index in [2.05, 4.69) is 129 Å². The molecule has 2 aliphatic heterocycles. The first kappa shape index (κ1) is 28.9. The van der Waals surface area contributed by atoms with Crippen LogP contribution in [-0.2, 0) is 20.9 Å². The van der Waals surface area contributed by atoms with Gasteiger partial charge >= 0.3 is 0 Å². The van der Waals surface area contributed by atoms with E-state index in [4.69, 9.17) is 0 Å². The fourth-order valence-corrected chi connectivity index (χ4v) is 7.96. The molecule has 1 saturated carbocycles. The molecule has 0 amide bonds. The Morgan fingerprint density at radius 2 is 1.05 bits per heavy atom. The number of nitrogens with zero attached hydrogens (tertiary/aromatic N) is 3. The van der Waals surface area contributed by atoms with Gasteiger partial charge in [-0.1, -0.05) is 94.4 Å². The Bertz CT molecular complexity index is 1760. The summed E-state index contributed by atoms with van der Waals surface area (Å²) in [7, 11) is 0.293. The number of hydrogen-bond donors (Lipinski definition) is 0. The molecule has 0 aromatic heterocycles. The van der Waals surface area contributed by atoms with Crippen molar-refractivity contribution in [3.05, 3.63) is 137 Å². The SMILES string of the molecule is CN1/C(=C/C=C2\CC/C(=C\C=C3\N(C)c4ccccc4C3(C)C)C2=NS(=O)(=O)c2ccccc2)C(C)(C)c2ccccc21. The monoisotopic (exact) mass is 589 g/mol. The van der Waals surface area contributed by atoms with Crippen LogP contribution >= 0.6 is 0 Å². The molecule has 0 unspecified atom stereocenters. The molecule has 0 N–H and O–H groups in total. The van der Waals surface area contributed by atoms with Crippen molar-refractivity contribution in [1.29, 1.82) is 0 Å². The van der Waals surface area contributed by atoms with Crippen LogP contribution in [0.5, 0.6) is 0 Å². The highest BCUT2D eigenvalue weighted by molar-refractivity contribution is 7.90. The van der Waals surface area contributed by atoms with Gasteiger partial charge in [0.2, 0.25) is 0 Å². The first-order valence-electron chi connectivity index (χ1n) is 14.8. The molecular formula is C37H39N3O2S. The topological polar surface area (TPSA) is 53.0 Å². The van der Waals surface area contributed by atoms with Crippen LogP contribution in [0.3, 0.4) is 0 Å². The van der Waals surface area contributed by atoms with Gasteiger partial charge in [0, 0.05) is 47.7 Å². The van der Waals surface area contributed by atoms with Gasteiger partial charge in [-0.25, -0.2) is 0 Å². The van der Waals surface area contributed by atoms with E-state index in [9.17, 15) is 8.42 Å². The van der Waals surface area contributed by atoms with Crippen molar-refractivity contribution in [3.8, 4) is 0 Å². The Hall–Kier alpha value is -4.16. The highest BCUT2D eigenvalue weighted by Crippen LogP contribution is 2.48. The van der Waals surface area contributed by atoms with Gasteiger partial charge in [0.1, 0.15) is 0 Å². The van der Waals surface area contributed by atoms with Crippen LogP contribution in [0.2, 0.25) is 0 Å². The second-order valence-electron chi connectivity index (χ2n) is 12.6. The van der Waals surface area contributed by atoms with Gasteiger partial charge in [-0.2, -0.15) is 12.8 Å². The van der Waals surface area contributed by atoms with Gasteiger partial charge in [0.05, 0.1) is 10.6 Å². The van der Waals surface area contributed by atoms with Crippen molar-refractivity contribution in [2.24, 2.45) is 4.40 Å². The van der Waals surface area contributed by atoms with E-state index in [0.717, 1.165) is 35.4 Å². The summed E-state index contributed by atoms with van der Waals surface area (Å²) in [5.41, 5.74) is 9.34. The predicted molar refractivity (Wildman–Crippen MR) is 178 cm³/mol. The Morgan fingerprint density at radius 3 is 1.49 bits per heavy atom. The number of rotatable bonds is 4. The van der Waals surface area contributed by atoms with Crippen molar-refractivity contribution in [1.82, 2.24) is 0 Å². The summed E-state index contributed by atoms with van der Waals surface area (Å²) < 4.78 is 31.5. The number of hydrogen-bond acceptors (Lipinski definition) is 4. The molecule has 6 heteroatoms. The van der Waals surface area contributed by atoms with E-state index in [0.29, 0.717) is 5.71 Å². The summed E-state index contributed by atoms with van der Waals surface area (Å²) in [6.07, 6.45) is 9.89. The molecule has 6 rings (SSSR count). The van der Waals surface area contributed by atoms with Gasteiger partial charge in [0.15, 0.2) is 0 Å². The van der Waals surface area contributed by atoms with Crippen molar-refractivity contribution in [2.75, 3.05) is 23.9 Å².